The van der Waals surface area contributed by atoms with Crippen LogP contribution in [0.25, 0.3) is 6.08 Å². The van der Waals surface area contributed by atoms with Crippen LogP contribution in [0.3, 0.4) is 0 Å². The van der Waals surface area contributed by atoms with Crippen LogP contribution in [0, 0.1) is 13.8 Å². The van der Waals surface area contributed by atoms with Crippen LogP contribution in [0.4, 0.5) is 0 Å². The molecular weight excluding hydrogens is 344 g/mol. The fraction of sp³-hybridized carbons (Fsp3) is 0.368. The zero-order valence-corrected chi connectivity index (χ0v) is 15.5. The summed E-state index contributed by atoms with van der Waals surface area (Å²) in [4.78, 5) is 26.2. The minimum absolute atomic E-state index is 0.231. The van der Waals surface area contributed by atoms with E-state index in [1.807, 2.05) is 6.08 Å². The highest BCUT2D eigenvalue weighted by molar-refractivity contribution is 6.32. The lowest BCUT2D eigenvalue weighted by atomic mass is 10.0. The standard InChI is InChI=1S/C19H22N6O2/c1-12-15(10-25-5-7-27-8-6-25)13(2)22-17(12)9-14-18(23-24-19(14)26)16-3-4-20-11-21-16/h3-4,9,11,22H,5-8,10H2,1-2H3,(H,24,26). The fourth-order valence-electron chi connectivity index (χ4n) is 3.42. The molecule has 1 fully saturated rings. The normalized spacial score (nSPS) is 19.4. The number of ether oxygens (including phenoxy) is 1. The van der Waals surface area contributed by atoms with Gasteiger partial charge in [-0.25, -0.2) is 15.4 Å². The number of hydrogen-bond acceptors (Lipinski definition) is 6. The van der Waals surface area contributed by atoms with Gasteiger partial charge in [0.05, 0.1) is 24.5 Å². The predicted molar refractivity (Wildman–Crippen MR) is 101 cm³/mol. The summed E-state index contributed by atoms with van der Waals surface area (Å²) in [6, 6.07) is 1.74. The third kappa shape index (κ3) is 3.54. The van der Waals surface area contributed by atoms with Crippen LogP contribution in [0.5, 0.6) is 0 Å². The van der Waals surface area contributed by atoms with Crippen LogP contribution in [0.1, 0.15) is 28.2 Å². The Bertz CT molecular complexity index is 910. The molecule has 4 rings (SSSR count). The van der Waals surface area contributed by atoms with Crippen LogP contribution in [0.15, 0.2) is 29.3 Å². The van der Waals surface area contributed by atoms with Crippen molar-refractivity contribution in [2.45, 2.75) is 20.4 Å². The second-order valence-electron chi connectivity index (χ2n) is 6.71. The Labute approximate surface area is 157 Å². The molecular formula is C19H22N6O2. The molecule has 8 heteroatoms. The first kappa shape index (κ1) is 17.6. The van der Waals surface area contributed by atoms with Gasteiger partial charge in [-0.2, -0.15) is 5.10 Å². The molecule has 0 unspecified atom stereocenters. The Kier molecular flexibility index (Phi) is 4.83. The maximum Gasteiger partial charge on any atom is 0.273 e. The molecule has 0 bridgehead atoms. The molecule has 4 heterocycles. The molecule has 2 N–H and O–H groups in total. The number of rotatable bonds is 4. The number of aromatic nitrogens is 3. The highest BCUT2D eigenvalue weighted by Crippen LogP contribution is 2.24. The summed E-state index contributed by atoms with van der Waals surface area (Å²) in [6.45, 7) is 8.45. The average Bonchev–Trinajstić information content (AvgIpc) is 3.18. The monoisotopic (exact) mass is 366 g/mol. The largest absolute Gasteiger partial charge is 0.379 e. The van der Waals surface area contributed by atoms with Gasteiger partial charge in [0.2, 0.25) is 0 Å². The number of nitrogens with one attached hydrogen (secondary N) is 2. The summed E-state index contributed by atoms with van der Waals surface area (Å²) in [5, 5.41) is 4.14. The number of aromatic amines is 1. The number of carbonyl (C=O) groups is 1. The summed E-state index contributed by atoms with van der Waals surface area (Å²) >= 11 is 0. The van der Waals surface area contributed by atoms with E-state index in [2.05, 4.69) is 44.2 Å². The number of hydrazone groups is 1. The van der Waals surface area contributed by atoms with Gasteiger partial charge in [-0.1, -0.05) is 0 Å². The molecule has 0 aromatic carbocycles. The van der Waals surface area contributed by atoms with Crippen LogP contribution < -0.4 is 5.43 Å². The highest BCUT2D eigenvalue weighted by Gasteiger charge is 2.26. The molecule has 2 aliphatic heterocycles. The van der Waals surface area contributed by atoms with Crippen LogP contribution >= 0.6 is 0 Å². The number of nitrogens with zero attached hydrogens (tertiary/aromatic N) is 4. The Balaban J connectivity index is 1.64. The molecule has 2 aromatic heterocycles. The second kappa shape index (κ2) is 7.42. The van der Waals surface area contributed by atoms with E-state index in [-0.39, 0.29) is 5.91 Å². The zero-order chi connectivity index (χ0) is 18.8. The quantitative estimate of drug-likeness (QED) is 0.792. The second-order valence-corrected chi connectivity index (χ2v) is 6.71. The predicted octanol–water partition coefficient (Wildman–Crippen LogP) is 1.17. The first-order chi connectivity index (χ1) is 13.1. The molecule has 0 spiro atoms. The van der Waals surface area contributed by atoms with E-state index in [4.69, 9.17) is 4.74 Å². The maximum absolute atomic E-state index is 12.3. The van der Waals surface area contributed by atoms with Gasteiger partial charge < -0.3 is 9.72 Å². The molecule has 8 nitrogen and oxygen atoms in total. The van der Waals surface area contributed by atoms with Gasteiger partial charge in [0.25, 0.3) is 5.91 Å². The van der Waals surface area contributed by atoms with Crippen molar-refractivity contribution in [2.75, 3.05) is 26.3 Å². The summed E-state index contributed by atoms with van der Waals surface area (Å²) in [5.74, 6) is -0.231. The Morgan fingerprint density at radius 2 is 2.11 bits per heavy atom. The lowest BCUT2D eigenvalue weighted by Crippen LogP contribution is -2.35. The lowest BCUT2D eigenvalue weighted by molar-refractivity contribution is -0.116. The van der Waals surface area contributed by atoms with Gasteiger partial charge in [0.1, 0.15) is 12.0 Å². The van der Waals surface area contributed by atoms with Crippen molar-refractivity contribution in [3.8, 4) is 0 Å². The molecule has 0 atom stereocenters. The number of aryl methyl sites for hydroxylation is 1. The molecule has 2 aromatic rings. The molecule has 0 aliphatic carbocycles. The summed E-state index contributed by atoms with van der Waals surface area (Å²) in [6.07, 6.45) is 4.94. The van der Waals surface area contributed by atoms with Gasteiger partial charge in [0.15, 0.2) is 0 Å². The van der Waals surface area contributed by atoms with Crippen LogP contribution in [0.2, 0.25) is 0 Å². The van der Waals surface area contributed by atoms with Crippen molar-refractivity contribution < 1.29 is 9.53 Å². The average molecular weight is 366 g/mol. The topological polar surface area (TPSA) is 95.5 Å². The highest BCUT2D eigenvalue weighted by atomic mass is 16.5. The number of carbonyl (C=O) groups excluding carboxylic acids is 1. The van der Waals surface area contributed by atoms with E-state index in [1.54, 1.807) is 12.3 Å². The van der Waals surface area contributed by atoms with Crippen molar-refractivity contribution in [2.24, 2.45) is 5.10 Å². The van der Waals surface area contributed by atoms with Crippen LogP contribution in [-0.2, 0) is 16.1 Å². The van der Waals surface area contributed by atoms with Crippen molar-refractivity contribution in [3.05, 3.63) is 52.4 Å². The van der Waals surface area contributed by atoms with Gasteiger partial charge in [-0.15, -0.1) is 0 Å². The molecule has 1 saturated heterocycles. The first-order valence-corrected chi connectivity index (χ1v) is 8.98. The van der Waals surface area contributed by atoms with Gasteiger partial charge in [-0.3, -0.25) is 9.69 Å². The summed E-state index contributed by atoms with van der Waals surface area (Å²) < 4.78 is 5.43. The SMILES string of the molecule is Cc1[nH]c(C=C2C(=O)NN=C2c2ccncn2)c(C)c1CN1CCOCC1. The Hall–Kier alpha value is -2.84. The van der Waals surface area contributed by atoms with Crippen molar-refractivity contribution in [1.82, 2.24) is 25.3 Å². The molecule has 2 aliphatic rings. The molecule has 0 saturated carbocycles. The third-order valence-electron chi connectivity index (χ3n) is 5.00. The number of hydrogen-bond donors (Lipinski definition) is 2. The molecule has 27 heavy (non-hydrogen) atoms. The van der Waals surface area contributed by atoms with Crippen molar-refractivity contribution in [1.29, 1.82) is 0 Å². The minimum atomic E-state index is -0.231. The summed E-state index contributed by atoms with van der Waals surface area (Å²) in [7, 11) is 0. The third-order valence-corrected chi connectivity index (χ3v) is 5.00. The number of H-pyrrole nitrogens is 1. The summed E-state index contributed by atoms with van der Waals surface area (Å²) in [5.41, 5.74) is 8.62. The maximum atomic E-state index is 12.3. The Morgan fingerprint density at radius 1 is 1.30 bits per heavy atom. The van der Waals surface area contributed by atoms with Gasteiger partial charge in [-0.05, 0) is 37.1 Å². The van der Waals surface area contributed by atoms with E-state index in [1.165, 1.54) is 11.9 Å². The minimum Gasteiger partial charge on any atom is -0.379 e. The number of morpholine rings is 1. The fourth-order valence-corrected chi connectivity index (χ4v) is 3.42. The van der Waals surface area contributed by atoms with Crippen molar-refractivity contribution in [3.63, 3.8) is 0 Å². The molecule has 140 valence electrons. The van der Waals surface area contributed by atoms with E-state index in [9.17, 15) is 4.79 Å². The van der Waals surface area contributed by atoms with Crippen molar-refractivity contribution >= 4 is 17.7 Å². The van der Waals surface area contributed by atoms with E-state index >= 15 is 0 Å². The van der Waals surface area contributed by atoms with Gasteiger partial charge >= 0.3 is 0 Å². The smallest absolute Gasteiger partial charge is 0.273 e. The molecule has 0 radical (unpaired) electrons. The van der Waals surface area contributed by atoms with E-state index < -0.39 is 0 Å². The zero-order valence-electron chi connectivity index (χ0n) is 15.5. The number of amides is 1. The lowest BCUT2D eigenvalue weighted by Gasteiger charge is -2.26. The molecule has 1 amide bonds. The Morgan fingerprint density at radius 3 is 2.85 bits per heavy atom. The van der Waals surface area contributed by atoms with E-state index in [0.717, 1.165) is 49.8 Å². The van der Waals surface area contributed by atoms with Gasteiger partial charge in [0, 0.05) is 37.2 Å². The van der Waals surface area contributed by atoms with E-state index in [0.29, 0.717) is 17.0 Å². The first-order valence-electron chi connectivity index (χ1n) is 8.98. The van der Waals surface area contributed by atoms with Crippen LogP contribution in [-0.4, -0.2) is 57.8 Å².